The van der Waals surface area contributed by atoms with E-state index in [4.69, 9.17) is 0 Å². The summed E-state index contributed by atoms with van der Waals surface area (Å²) in [5, 5.41) is 1.12. The van der Waals surface area contributed by atoms with E-state index in [1.54, 1.807) is 16.4 Å². The zero-order valence-corrected chi connectivity index (χ0v) is 15.1. The van der Waals surface area contributed by atoms with Gasteiger partial charge < -0.3 is 4.98 Å². The van der Waals surface area contributed by atoms with Crippen LogP contribution in [0.15, 0.2) is 59.6 Å². The van der Waals surface area contributed by atoms with Crippen molar-refractivity contribution in [1.82, 2.24) is 9.29 Å². The molecule has 1 aromatic heterocycles. The number of hydrogen-bond acceptors (Lipinski definition) is 2. The van der Waals surface area contributed by atoms with Crippen LogP contribution in [0.25, 0.3) is 10.9 Å². The van der Waals surface area contributed by atoms with Gasteiger partial charge in [0.25, 0.3) is 0 Å². The number of nitrogens with one attached hydrogen (secondary N) is 1. The molecular weight excluding hydrogens is 332 g/mol. The number of piperidine rings is 1. The van der Waals surface area contributed by atoms with Crippen molar-refractivity contribution in [2.45, 2.75) is 37.1 Å². The Morgan fingerprint density at radius 2 is 1.84 bits per heavy atom. The predicted octanol–water partition coefficient (Wildman–Crippen LogP) is 4.39. The third-order valence-corrected chi connectivity index (χ3v) is 6.97. The Hall–Kier alpha value is -2.11. The van der Waals surface area contributed by atoms with Crippen molar-refractivity contribution in [1.29, 1.82) is 0 Å². The van der Waals surface area contributed by atoms with Gasteiger partial charge in [0.2, 0.25) is 10.0 Å². The van der Waals surface area contributed by atoms with Gasteiger partial charge in [0.1, 0.15) is 0 Å². The first-order valence-electron chi connectivity index (χ1n) is 8.71. The van der Waals surface area contributed by atoms with Gasteiger partial charge in [-0.15, -0.1) is 0 Å². The summed E-state index contributed by atoms with van der Waals surface area (Å²) in [5.74, 6) is 0. The Balaban J connectivity index is 1.74. The van der Waals surface area contributed by atoms with Crippen molar-refractivity contribution >= 4 is 20.9 Å². The molecule has 4 nitrogen and oxygen atoms in total. The summed E-state index contributed by atoms with van der Waals surface area (Å²) in [6, 6.07) is 15.3. The lowest BCUT2D eigenvalue weighted by molar-refractivity contribution is 0.256. The molecule has 0 aliphatic carbocycles. The molecule has 1 fully saturated rings. The molecule has 0 bridgehead atoms. The van der Waals surface area contributed by atoms with Crippen LogP contribution in [0.1, 0.15) is 36.4 Å². The lowest BCUT2D eigenvalue weighted by atomic mass is 9.96. The van der Waals surface area contributed by atoms with Gasteiger partial charge >= 0.3 is 0 Å². The minimum absolute atomic E-state index is 0.0978. The highest BCUT2D eigenvalue weighted by Gasteiger charge is 2.34. The molecule has 1 aliphatic rings. The molecule has 25 heavy (non-hydrogen) atoms. The molecule has 1 saturated heterocycles. The summed E-state index contributed by atoms with van der Waals surface area (Å²) >= 11 is 0. The van der Waals surface area contributed by atoms with E-state index >= 15 is 0 Å². The molecule has 3 aromatic rings. The van der Waals surface area contributed by atoms with Crippen molar-refractivity contribution in [3.8, 4) is 0 Å². The van der Waals surface area contributed by atoms with Crippen LogP contribution in [0.2, 0.25) is 0 Å². The van der Waals surface area contributed by atoms with E-state index in [-0.39, 0.29) is 6.04 Å². The fourth-order valence-corrected chi connectivity index (χ4v) is 5.33. The van der Waals surface area contributed by atoms with Gasteiger partial charge in [-0.3, -0.25) is 0 Å². The van der Waals surface area contributed by atoms with E-state index in [1.165, 1.54) is 0 Å². The average molecular weight is 354 g/mol. The van der Waals surface area contributed by atoms with Gasteiger partial charge in [-0.05, 0) is 61.0 Å². The Labute approximate surface area is 148 Å². The highest BCUT2D eigenvalue weighted by Crippen LogP contribution is 2.36. The number of hydrogen-bond donors (Lipinski definition) is 1. The Morgan fingerprint density at radius 3 is 2.64 bits per heavy atom. The zero-order chi connectivity index (χ0) is 17.4. The molecule has 5 heteroatoms. The van der Waals surface area contributed by atoms with E-state index in [0.717, 1.165) is 41.3 Å². The molecule has 0 amide bonds. The number of H-pyrrole nitrogens is 1. The maximum atomic E-state index is 13.2. The Kier molecular flexibility index (Phi) is 4.13. The molecule has 4 rings (SSSR count). The van der Waals surface area contributed by atoms with Crippen LogP contribution in [0.3, 0.4) is 0 Å². The lowest BCUT2D eigenvalue weighted by Gasteiger charge is -2.35. The van der Waals surface area contributed by atoms with Crippen LogP contribution >= 0.6 is 0 Å². The number of rotatable bonds is 3. The Morgan fingerprint density at radius 1 is 1.04 bits per heavy atom. The number of benzene rings is 2. The summed E-state index contributed by atoms with van der Waals surface area (Å²) in [6.07, 6.45) is 4.74. The van der Waals surface area contributed by atoms with E-state index in [2.05, 4.69) is 11.1 Å². The third-order valence-electron chi connectivity index (χ3n) is 5.04. The van der Waals surface area contributed by atoms with Gasteiger partial charge in [0.05, 0.1) is 10.9 Å². The summed E-state index contributed by atoms with van der Waals surface area (Å²) in [6.45, 7) is 2.54. The molecule has 2 heterocycles. The number of aryl methyl sites for hydroxylation is 1. The third kappa shape index (κ3) is 2.98. The van der Waals surface area contributed by atoms with Gasteiger partial charge in [-0.25, -0.2) is 8.42 Å². The molecule has 0 saturated carbocycles. The second kappa shape index (κ2) is 6.32. The summed E-state index contributed by atoms with van der Waals surface area (Å²) in [5.41, 5.74) is 3.21. The zero-order valence-electron chi connectivity index (χ0n) is 14.3. The fraction of sp³-hybridized carbons (Fsp3) is 0.300. The minimum Gasteiger partial charge on any atom is -0.361 e. The maximum absolute atomic E-state index is 13.2. The van der Waals surface area contributed by atoms with Crippen LogP contribution in [0, 0.1) is 6.92 Å². The second-order valence-corrected chi connectivity index (χ2v) is 8.66. The standard InChI is InChI=1S/C20H22N2O2S/c1-15-5-8-18(9-6-15)25(23,24)22-13-3-2-4-20(22)17-7-10-19-16(14-17)11-12-21-19/h5-12,14,20-21H,2-4,13H2,1H3. The number of aromatic amines is 1. The van der Waals surface area contributed by atoms with Crippen molar-refractivity contribution in [3.63, 3.8) is 0 Å². The molecule has 0 spiro atoms. The van der Waals surface area contributed by atoms with E-state index < -0.39 is 10.0 Å². The second-order valence-electron chi connectivity index (χ2n) is 6.76. The monoisotopic (exact) mass is 354 g/mol. The number of sulfonamides is 1. The lowest BCUT2D eigenvalue weighted by Crippen LogP contribution is -2.38. The van der Waals surface area contributed by atoms with Crippen LogP contribution in [-0.4, -0.2) is 24.3 Å². The molecule has 1 N–H and O–H groups in total. The number of nitrogens with zero attached hydrogens (tertiary/aromatic N) is 1. The number of aromatic nitrogens is 1. The van der Waals surface area contributed by atoms with Gasteiger partial charge in [0, 0.05) is 18.3 Å². The summed E-state index contributed by atoms with van der Waals surface area (Å²) in [4.78, 5) is 3.57. The van der Waals surface area contributed by atoms with Gasteiger partial charge in [-0.2, -0.15) is 4.31 Å². The molecule has 1 atom stereocenters. The van der Waals surface area contributed by atoms with Crippen LogP contribution in [-0.2, 0) is 10.0 Å². The largest absolute Gasteiger partial charge is 0.361 e. The number of fused-ring (bicyclic) bond motifs is 1. The van der Waals surface area contributed by atoms with Crippen molar-refractivity contribution in [2.24, 2.45) is 0 Å². The molecular formula is C20H22N2O2S. The average Bonchev–Trinajstić information content (AvgIpc) is 3.10. The first kappa shape index (κ1) is 16.4. The maximum Gasteiger partial charge on any atom is 0.243 e. The fourth-order valence-electron chi connectivity index (χ4n) is 3.65. The molecule has 1 aliphatic heterocycles. The topological polar surface area (TPSA) is 53.2 Å². The van der Waals surface area contributed by atoms with Crippen molar-refractivity contribution in [3.05, 3.63) is 65.9 Å². The van der Waals surface area contributed by atoms with Crippen molar-refractivity contribution in [2.75, 3.05) is 6.54 Å². The minimum atomic E-state index is -3.49. The normalized spacial score (nSPS) is 19.3. The molecule has 2 aromatic carbocycles. The first-order valence-corrected chi connectivity index (χ1v) is 10.2. The van der Waals surface area contributed by atoms with E-state index in [9.17, 15) is 8.42 Å². The highest BCUT2D eigenvalue weighted by molar-refractivity contribution is 7.89. The quantitative estimate of drug-likeness (QED) is 0.758. The van der Waals surface area contributed by atoms with E-state index in [0.29, 0.717) is 11.4 Å². The van der Waals surface area contributed by atoms with Gasteiger partial charge in [-0.1, -0.05) is 30.2 Å². The smallest absolute Gasteiger partial charge is 0.243 e. The molecule has 1 unspecified atom stereocenters. The SMILES string of the molecule is Cc1ccc(S(=O)(=O)N2CCCCC2c2ccc3[nH]ccc3c2)cc1. The van der Waals surface area contributed by atoms with Crippen LogP contribution in [0.5, 0.6) is 0 Å². The van der Waals surface area contributed by atoms with Crippen LogP contribution in [0.4, 0.5) is 0 Å². The summed E-state index contributed by atoms with van der Waals surface area (Å²) in [7, 11) is -3.49. The molecule has 130 valence electrons. The Bertz CT molecular complexity index is 990. The highest BCUT2D eigenvalue weighted by atomic mass is 32.2. The van der Waals surface area contributed by atoms with Gasteiger partial charge in [0.15, 0.2) is 0 Å². The van der Waals surface area contributed by atoms with E-state index in [1.807, 2.05) is 43.5 Å². The van der Waals surface area contributed by atoms with Crippen molar-refractivity contribution < 1.29 is 8.42 Å². The predicted molar refractivity (Wildman–Crippen MR) is 100.0 cm³/mol. The van der Waals surface area contributed by atoms with Crippen LogP contribution < -0.4 is 0 Å². The molecule has 0 radical (unpaired) electrons. The summed E-state index contributed by atoms with van der Waals surface area (Å²) < 4.78 is 28.1. The first-order chi connectivity index (χ1) is 12.1.